The molecule has 0 aliphatic carbocycles. The van der Waals surface area contributed by atoms with Crippen molar-refractivity contribution < 1.29 is 33.9 Å². The van der Waals surface area contributed by atoms with Gasteiger partial charge in [-0.3, -0.25) is 0 Å². The average Bonchev–Trinajstić information content (AvgIpc) is 2.97. The highest BCUT2D eigenvalue weighted by Crippen LogP contribution is 2.11. The molecule has 2 fully saturated rings. The summed E-state index contributed by atoms with van der Waals surface area (Å²) in [5.74, 6) is -3.43. The van der Waals surface area contributed by atoms with Crippen molar-refractivity contribution in [3.05, 3.63) is 0 Å². The SMILES string of the molecule is C[N+]1(C)CCCC1.C[N+]1(C)CCCC1.O=C([O-])CC(O)C(=O)[O-]. The zero-order valence-corrected chi connectivity index (χ0v) is 14.9. The third-order valence-electron chi connectivity index (χ3n) is 4.19. The van der Waals surface area contributed by atoms with Crippen LogP contribution in [-0.2, 0) is 9.59 Å². The number of carbonyl (C=O) groups excluding carboxylic acids is 2. The van der Waals surface area contributed by atoms with Crippen LogP contribution in [-0.4, -0.2) is 86.5 Å². The molecular weight excluding hydrogens is 300 g/mol. The lowest BCUT2D eigenvalue weighted by molar-refractivity contribution is -0.877. The number of aliphatic carboxylic acids is 2. The Morgan fingerprint density at radius 3 is 1.26 bits per heavy atom. The topological polar surface area (TPSA) is 100 Å². The molecule has 7 nitrogen and oxygen atoms in total. The van der Waals surface area contributed by atoms with E-state index in [0.717, 1.165) is 0 Å². The Bertz CT molecular complexity index is 347. The molecule has 0 aromatic carbocycles. The molecule has 2 aliphatic rings. The molecule has 0 aromatic rings. The molecular formula is C16H32N2O5. The number of rotatable bonds is 3. The fraction of sp³-hybridized carbons (Fsp3) is 0.875. The molecule has 1 atom stereocenters. The van der Waals surface area contributed by atoms with Crippen molar-refractivity contribution >= 4 is 11.9 Å². The molecule has 7 heteroatoms. The summed E-state index contributed by atoms with van der Waals surface area (Å²) in [5, 5.41) is 27.3. The number of aliphatic hydroxyl groups excluding tert-OH is 1. The predicted octanol–water partition coefficient (Wildman–Crippen LogP) is -2.05. The second-order valence-corrected chi connectivity index (χ2v) is 7.59. The Morgan fingerprint density at radius 2 is 1.17 bits per heavy atom. The number of aliphatic hydroxyl groups is 1. The first-order valence-corrected chi connectivity index (χ1v) is 8.18. The summed E-state index contributed by atoms with van der Waals surface area (Å²) in [4.78, 5) is 19.1. The molecule has 1 N–H and O–H groups in total. The van der Waals surface area contributed by atoms with Crippen LogP contribution in [0.15, 0.2) is 0 Å². The molecule has 0 bridgehead atoms. The van der Waals surface area contributed by atoms with Gasteiger partial charge in [0.05, 0.1) is 66.4 Å². The highest BCUT2D eigenvalue weighted by Gasteiger charge is 2.20. The van der Waals surface area contributed by atoms with Gasteiger partial charge in [0, 0.05) is 38.1 Å². The van der Waals surface area contributed by atoms with Crippen molar-refractivity contribution in [2.45, 2.75) is 38.2 Å². The number of likely N-dealkylation sites (tertiary alicyclic amines) is 2. The molecule has 0 amide bonds. The maximum absolute atomic E-state index is 9.58. The monoisotopic (exact) mass is 332 g/mol. The van der Waals surface area contributed by atoms with Crippen molar-refractivity contribution in [1.82, 2.24) is 0 Å². The van der Waals surface area contributed by atoms with Gasteiger partial charge in [-0.2, -0.15) is 0 Å². The first-order chi connectivity index (χ1) is 10.5. The summed E-state index contributed by atoms with van der Waals surface area (Å²) in [6.45, 7) is 5.56. The van der Waals surface area contributed by atoms with Gasteiger partial charge in [0.25, 0.3) is 0 Å². The van der Waals surface area contributed by atoms with Crippen molar-refractivity contribution in [2.24, 2.45) is 0 Å². The number of hydrogen-bond donors (Lipinski definition) is 1. The van der Waals surface area contributed by atoms with E-state index in [-0.39, 0.29) is 0 Å². The summed E-state index contributed by atoms with van der Waals surface area (Å²) in [5.41, 5.74) is 0. The molecule has 1 unspecified atom stereocenters. The van der Waals surface area contributed by atoms with Crippen LogP contribution in [0.5, 0.6) is 0 Å². The second kappa shape index (κ2) is 9.85. The van der Waals surface area contributed by atoms with Gasteiger partial charge in [-0.05, 0) is 0 Å². The van der Waals surface area contributed by atoms with E-state index in [1.807, 2.05) is 0 Å². The van der Waals surface area contributed by atoms with Crippen LogP contribution >= 0.6 is 0 Å². The summed E-state index contributed by atoms with van der Waals surface area (Å²) < 4.78 is 2.50. The molecule has 2 saturated heterocycles. The maximum atomic E-state index is 9.58. The normalized spacial score (nSPS) is 22.1. The number of hydrogen-bond acceptors (Lipinski definition) is 5. The maximum Gasteiger partial charge on any atom is 0.0985 e. The minimum absolute atomic E-state index is 0.928. The number of nitrogens with zero attached hydrogens (tertiary/aromatic N) is 2. The fourth-order valence-corrected chi connectivity index (χ4v) is 2.62. The van der Waals surface area contributed by atoms with Crippen LogP contribution in [0.1, 0.15) is 32.1 Å². The Balaban J connectivity index is 0.000000318. The summed E-state index contributed by atoms with van der Waals surface area (Å²) >= 11 is 0. The van der Waals surface area contributed by atoms with Gasteiger partial charge in [-0.25, -0.2) is 0 Å². The third-order valence-corrected chi connectivity index (χ3v) is 4.19. The molecule has 2 aliphatic heterocycles. The molecule has 0 aromatic heterocycles. The van der Waals surface area contributed by atoms with Crippen molar-refractivity contribution in [3.8, 4) is 0 Å². The van der Waals surface area contributed by atoms with Gasteiger partial charge in [0.15, 0.2) is 0 Å². The van der Waals surface area contributed by atoms with E-state index in [9.17, 15) is 19.8 Å². The minimum atomic E-state index is -1.96. The van der Waals surface area contributed by atoms with Gasteiger partial charge in [0.2, 0.25) is 0 Å². The quantitative estimate of drug-likeness (QED) is 0.600. The molecule has 2 rings (SSSR count). The van der Waals surface area contributed by atoms with E-state index in [1.165, 1.54) is 60.8 Å². The van der Waals surface area contributed by atoms with Crippen molar-refractivity contribution in [1.29, 1.82) is 0 Å². The lowest BCUT2D eigenvalue weighted by Crippen LogP contribution is -2.39. The lowest BCUT2D eigenvalue weighted by atomic mass is 10.3. The Morgan fingerprint density at radius 1 is 0.870 bits per heavy atom. The number of carboxylic acid groups (broad SMARTS) is 2. The van der Waals surface area contributed by atoms with Crippen LogP contribution < -0.4 is 10.2 Å². The standard InChI is InChI=1S/2C6H14N.C4H6O5/c2*1-7(2)5-3-4-6-7;5-2(4(8)9)1-3(6)7/h2*3-6H2,1-2H3;2,5H,1H2,(H,6,7)(H,8,9)/q2*+1;/p-2. The Labute approximate surface area is 139 Å². The minimum Gasteiger partial charge on any atom is -0.550 e. The molecule has 2 heterocycles. The van der Waals surface area contributed by atoms with E-state index >= 15 is 0 Å². The van der Waals surface area contributed by atoms with Crippen LogP contribution in [0.4, 0.5) is 0 Å². The van der Waals surface area contributed by atoms with Crippen molar-refractivity contribution in [2.75, 3.05) is 54.4 Å². The zero-order valence-electron chi connectivity index (χ0n) is 14.9. The smallest absolute Gasteiger partial charge is 0.0985 e. The largest absolute Gasteiger partial charge is 0.550 e. The molecule has 0 saturated carbocycles. The van der Waals surface area contributed by atoms with Crippen LogP contribution in [0.3, 0.4) is 0 Å². The first kappa shape index (κ1) is 21.8. The van der Waals surface area contributed by atoms with E-state index < -0.39 is 24.5 Å². The van der Waals surface area contributed by atoms with E-state index in [4.69, 9.17) is 5.11 Å². The van der Waals surface area contributed by atoms with Gasteiger partial charge in [0.1, 0.15) is 0 Å². The predicted molar refractivity (Wildman–Crippen MR) is 82.8 cm³/mol. The van der Waals surface area contributed by atoms with Crippen LogP contribution in [0, 0.1) is 0 Å². The molecule has 0 radical (unpaired) electrons. The van der Waals surface area contributed by atoms with E-state index in [2.05, 4.69) is 28.2 Å². The van der Waals surface area contributed by atoms with Crippen LogP contribution in [0.2, 0.25) is 0 Å². The van der Waals surface area contributed by atoms with E-state index in [0.29, 0.717) is 0 Å². The molecule has 136 valence electrons. The average molecular weight is 332 g/mol. The van der Waals surface area contributed by atoms with Gasteiger partial charge < -0.3 is 33.9 Å². The Hall–Kier alpha value is -1.18. The highest BCUT2D eigenvalue weighted by molar-refractivity contribution is 5.76. The van der Waals surface area contributed by atoms with Gasteiger partial charge in [-0.15, -0.1) is 0 Å². The van der Waals surface area contributed by atoms with Gasteiger partial charge in [-0.1, -0.05) is 0 Å². The second-order valence-electron chi connectivity index (χ2n) is 7.59. The fourth-order valence-electron chi connectivity index (χ4n) is 2.62. The van der Waals surface area contributed by atoms with Crippen LogP contribution in [0.25, 0.3) is 0 Å². The summed E-state index contributed by atoms with van der Waals surface area (Å²) in [6, 6.07) is 0. The Kier molecular flexibility index (Phi) is 9.34. The van der Waals surface area contributed by atoms with E-state index in [1.54, 1.807) is 0 Å². The molecule has 0 spiro atoms. The highest BCUT2D eigenvalue weighted by atomic mass is 16.4. The lowest BCUT2D eigenvalue weighted by Gasteiger charge is -2.21. The number of carboxylic acids is 2. The molecule has 23 heavy (non-hydrogen) atoms. The number of quaternary nitrogens is 2. The van der Waals surface area contributed by atoms with Crippen molar-refractivity contribution in [3.63, 3.8) is 0 Å². The summed E-state index contributed by atoms with van der Waals surface area (Å²) in [7, 11) is 9.19. The first-order valence-electron chi connectivity index (χ1n) is 8.18. The number of carbonyl (C=O) groups is 2. The summed E-state index contributed by atoms with van der Waals surface area (Å²) in [6.07, 6.45) is 2.86. The van der Waals surface area contributed by atoms with Gasteiger partial charge >= 0.3 is 0 Å². The third kappa shape index (κ3) is 12.0. The zero-order chi connectivity index (χ0) is 18.1.